The highest BCUT2D eigenvalue weighted by Gasteiger charge is 2.08. The van der Waals surface area contributed by atoms with E-state index in [2.05, 4.69) is 4.98 Å². The summed E-state index contributed by atoms with van der Waals surface area (Å²) in [5, 5.41) is 1.11. The lowest BCUT2D eigenvalue weighted by Crippen LogP contribution is -2.18. The predicted octanol–water partition coefficient (Wildman–Crippen LogP) is 1.65. The van der Waals surface area contributed by atoms with Crippen LogP contribution < -0.4 is 11.3 Å². The van der Waals surface area contributed by atoms with Gasteiger partial charge in [-0.3, -0.25) is 4.79 Å². The Labute approximate surface area is 94.3 Å². The van der Waals surface area contributed by atoms with E-state index in [0.717, 1.165) is 27.6 Å². The van der Waals surface area contributed by atoms with Gasteiger partial charge in [0.05, 0.1) is 5.52 Å². The summed E-state index contributed by atoms with van der Waals surface area (Å²) in [7, 11) is 0. The van der Waals surface area contributed by atoms with Crippen molar-refractivity contribution in [2.75, 3.05) is 6.54 Å². The van der Waals surface area contributed by atoms with Crippen molar-refractivity contribution in [3.8, 4) is 0 Å². The first-order valence-electron chi connectivity index (χ1n) is 5.46. The lowest BCUT2D eigenvalue weighted by Gasteiger charge is -2.09. The summed E-state index contributed by atoms with van der Waals surface area (Å²) in [6.07, 6.45) is 0.630. The minimum Gasteiger partial charge on any atom is -0.330 e. The van der Waals surface area contributed by atoms with Crippen molar-refractivity contribution in [1.82, 2.24) is 4.98 Å². The molecule has 3 N–H and O–H groups in total. The number of rotatable bonds is 2. The number of para-hydroxylation sites is 1. The quantitative estimate of drug-likeness (QED) is 0.801. The molecular formula is C13H16N2O. The van der Waals surface area contributed by atoms with Gasteiger partial charge in [-0.2, -0.15) is 0 Å². The molecule has 3 heteroatoms. The van der Waals surface area contributed by atoms with Crippen LogP contribution in [0.25, 0.3) is 10.9 Å². The van der Waals surface area contributed by atoms with Crippen molar-refractivity contribution < 1.29 is 0 Å². The van der Waals surface area contributed by atoms with E-state index in [1.165, 1.54) is 0 Å². The summed E-state index contributed by atoms with van der Waals surface area (Å²) in [4.78, 5) is 14.8. The average Bonchev–Trinajstić information content (AvgIpc) is 2.26. The van der Waals surface area contributed by atoms with Gasteiger partial charge in [-0.05, 0) is 37.9 Å². The zero-order valence-corrected chi connectivity index (χ0v) is 9.63. The molecule has 84 valence electrons. The zero-order valence-electron chi connectivity index (χ0n) is 9.63. The van der Waals surface area contributed by atoms with Crippen LogP contribution in [-0.4, -0.2) is 11.5 Å². The highest BCUT2D eigenvalue weighted by molar-refractivity contribution is 5.85. The fourth-order valence-corrected chi connectivity index (χ4v) is 2.11. The smallest absolute Gasteiger partial charge is 0.251 e. The first-order chi connectivity index (χ1) is 7.65. The number of aryl methyl sites for hydroxylation is 2. The molecule has 0 amide bonds. The van der Waals surface area contributed by atoms with Gasteiger partial charge in [0.25, 0.3) is 5.56 Å². The van der Waals surface area contributed by atoms with E-state index >= 15 is 0 Å². The number of pyridine rings is 1. The van der Waals surface area contributed by atoms with Gasteiger partial charge in [0.2, 0.25) is 0 Å². The van der Waals surface area contributed by atoms with E-state index in [-0.39, 0.29) is 5.56 Å². The Morgan fingerprint density at radius 1 is 1.31 bits per heavy atom. The fraction of sp³-hybridized carbons (Fsp3) is 0.308. The second-order valence-corrected chi connectivity index (χ2v) is 4.09. The number of fused-ring (bicyclic) bond motifs is 1. The molecule has 3 nitrogen and oxygen atoms in total. The van der Waals surface area contributed by atoms with Crippen LogP contribution in [0.4, 0.5) is 0 Å². The van der Waals surface area contributed by atoms with Crippen LogP contribution in [0.1, 0.15) is 16.7 Å². The van der Waals surface area contributed by atoms with Crippen molar-refractivity contribution in [1.29, 1.82) is 0 Å². The summed E-state index contributed by atoms with van der Waals surface area (Å²) in [6.45, 7) is 4.49. The topological polar surface area (TPSA) is 58.9 Å². The second-order valence-electron chi connectivity index (χ2n) is 4.09. The second kappa shape index (κ2) is 4.10. The van der Waals surface area contributed by atoms with Gasteiger partial charge in [0, 0.05) is 10.9 Å². The van der Waals surface area contributed by atoms with Gasteiger partial charge in [-0.15, -0.1) is 0 Å². The molecule has 0 saturated carbocycles. The van der Waals surface area contributed by atoms with Crippen molar-refractivity contribution in [2.24, 2.45) is 5.73 Å². The Morgan fingerprint density at radius 3 is 2.75 bits per heavy atom. The number of hydrogen-bond acceptors (Lipinski definition) is 2. The van der Waals surface area contributed by atoms with Gasteiger partial charge in [-0.1, -0.05) is 18.2 Å². The number of nitrogens with two attached hydrogens (primary N) is 1. The first kappa shape index (κ1) is 10.9. The van der Waals surface area contributed by atoms with E-state index in [1.54, 1.807) is 0 Å². The third-order valence-electron chi connectivity index (χ3n) is 3.04. The molecule has 0 aliphatic carbocycles. The van der Waals surface area contributed by atoms with Gasteiger partial charge in [0.1, 0.15) is 0 Å². The predicted molar refractivity (Wildman–Crippen MR) is 66.8 cm³/mol. The number of aromatic nitrogens is 1. The van der Waals surface area contributed by atoms with Gasteiger partial charge < -0.3 is 10.7 Å². The highest BCUT2D eigenvalue weighted by atomic mass is 16.1. The Kier molecular flexibility index (Phi) is 2.79. The van der Waals surface area contributed by atoms with Gasteiger partial charge in [-0.25, -0.2) is 0 Å². The van der Waals surface area contributed by atoms with Gasteiger partial charge >= 0.3 is 0 Å². The Hall–Kier alpha value is -1.61. The first-order valence-corrected chi connectivity index (χ1v) is 5.46. The minimum absolute atomic E-state index is 0.00949. The Balaban J connectivity index is 2.84. The molecule has 0 spiro atoms. The SMILES string of the molecule is Cc1c(CCN)c(=O)[nH]c2c(C)cccc12. The summed E-state index contributed by atoms with van der Waals surface area (Å²) in [5.41, 5.74) is 9.40. The molecule has 0 fully saturated rings. The normalized spacial score (nSPS) is 10.9. The summed E-state index contributed by atoms with van der Waals surface area (Å²) >= 11 is 0. The molecule has 0 saturated heterocycles. The number of aromatic amines is 1. The largest absolute Gasteiger partial charge is 0.330 e. The molecule has 1 aromatic carbocycles. The summed E-state index contributed by atoms with van der Waals surface area (Å²) in [5.74, 6) is 0. The van der Waals surface area contributed by atoms with Crippen molar-refractivity contribution in [3.05, 3.63) is 45.2 Å². The maximum atomic E-state index is 11.9. The molecule has 2 aromatic rings. The molecule has 0 aliphatic rings. The lowest BCUT2D eigenvalue weighted by molar-refractivity contribution is 0.937. The van der Waals surface area contributed by atoms with Crippen LogP contribution in [0.15, 0.2) is 23.0 Å². The minimum atomic E-state index is -0.00949. The molecule has 2 rings (SSSR count). The third kappa shape index (κ3) is 1.63. The molecule has 16 heavy (non-hydrogen) atoms. The van der Waals surface area contributed by atoms with E-state index in [0.29, 0.717) is 13.0 Å². The molecule has 0 aliphatic heterocycles. The van der Waals surface area contributed by atoms with E-state index in [9.17, 15) is 4.79 Å². The lowest BCUT2D eigenvalue weighted by atomic mass is 10.0. The van der Waals surface area contributed by atoms with Gasteiger partial charge in [0.15, 0.2) is 0 Å². The van der Waals surface area contributed by atoms with E-state index in [1.807, 2.05) is 32.0 Å². The molecule has 0 unspecified atom stereocenters. The number of hydrogen-bond donors (Lipinski definition) is 2. The van der Waals surface area contributed by atoms with Crippen molar-refractivity contribution in [3.63, 3.8) is 0 Å². The van der Waals surface area contributed by atoms with Crippen LogP contribution in [0.2, 0.25) is 0 Å². The average molecular weight is 216 g/mol. The highest BCUT2D eigenvalue weighted by Crippen LogP contribution is 2.20. The summed E-state index contributed by atoms with van der Waals surface area (Å²) < 4.78 is 0. The molecule has 0 atom stereocenters. The maximum absolute atomic E-state index is 11.9. The van der Waals surface area contributed by atoms with Crippen LogP contribution in [0, 0.1) is 13.8 Å². The Bertz CT molecular complexity index is 584. The van der Waals surface area contributed by atoms with Crippen LogP contribution in [0.3, 0.4) is 0 Å². The standard InChI is InChI=1S/C13H16N2O/c1-8-4-3-5-10-9(2)11(6-7-14)13(16)15-12(8)10/h3-5H,6-7,14H2,1-2H3,(H,15,16). The zero-order chi connectivity index (χ0) is 11.7. The number of benzene rings is 1. The van der Waals surface area contributed by atoms with E-state index in [4.69, 9.17) is 5.73 Å². The molecule has 1 heterocycles. The molecular weight excluding hydrogens is 200 g/mol. The van der Waals surface area contributed by atoms with Crippen molar-refractivity contribution >= 4 is 10.9 Å². The van der Waals surface area contributed by atoms with Crippen LogP contribution in [0.5, 0.6) is 0 Å². The number of nitrogens with one attached hydrogen (secondary N) is 1. The monoisotopic (exact) mass is 216 g/mol. The fourth-order valence-electron chi connectivity index (χ4n) is 2.11. The van der Waals surface area contributed by atoms with E-state index < -0.39 is 0 Å². The Morgan fingerprint density at radius 2 is 2.06 bits per heavy atom. The van der Waals surface area contributed by atoms with Crippen molar-refractivity contribution in [2.45, 2.75) is 20.3 Å². The molecule has 0 radical (unpaired) electrons. The summed E-state index contributed by atoms with van der Waals surface area (Å²) in [6, 6.07) is 6.04. The van der Waals surface area contributed by atoms with Crippen LogP contribution >= 0.6 is 0 Å². The van der Waals surface area contributed by atoms with Crippen LogP contribution in [-0.2, 0) is 6.42 Å². The number of H-pyrrole nitrogens is 1. The maximum Gasteiger partial charge on any atom is 0.251 e. The molecule has 0 bridgehead atoms. The molecule has 1 aromatic heterocycles. The third-order valence-corrected chi connectivity index (χ3v) is 3.04.